The molecule has 0 radical (unpaired) electrons. The average molecular weight is 964 g/mol. The van der Waals surface area contributed by atoms with Gasteiger partial charge in [0.05, 0.1) is 20.6 Å². The fourth-order valence-corrected chi connectivity index (χ4v) is 7.78. The van der Waals surface area contributed by atoms with Gasteiger partial charge >= 0.3 is 0 Å². The van der Waals surface area contributed by atoms with Crippen LogP contribution in [0.4, 0.5) is 22.7 Å². The molecule has 2 aromatic heterocycles. The first-order chi connectivity index (χ1) is 35.5. The van der Waals surface area contributed by atoms with Gasteiger partial charge in [-0.05, 0) is 76.5 Å². The maximum absolute atomic E-state index is 9.27. The summed E-state index contributed by atoms with van der Waals surface area (Å²) in [6.07, 6.45) is 2.17. The Balaban J connectivity index is 0.00000641. The third-order valence-electron chi connectivity index (χ3n) is 10.3. The second kappa shape index (κ2) is 16.0. The Kier molecular flexibility index (Phi) is 6.44. The molecule has 60 heavy (non-hydrogen) atoms. The Hall–Kier alpha value is -7.00. The van der Waals surface area contributed by atoms with E-state index in [0.717, 1.165) is 38.8 Å². The van der Waals surface area contributed by atoms with Gasteiger partial charge in [-0.2, -0.15) is 53.6 Å². The number of nitrogens with zero attached hydrogens (tertiary/aromatic N) is 4. The molecule has 0 spiro atoms. The minimum Gasteiger partial charge on any atom is -0.493 e. The zero-order valence-corrected chi connectivity index (χ0v) is 33.6. The molecule has 3 heterocycles. The number of anilines is 4. The minimum atomic E-state index is -0.696. The van der Waals surface area contributed by atoms with E-state index in [1.165, 1.54) is 12.1 Å². The zero-order valence-electron chi connectivity index (χ0n) is 46.4. The molecule has 0 saturated heterocycles. The van der Waals surface area contributed by atoms with Crippen molar-refractivity contribution in [2.24, 2.45) is 0 Å². The first-order valence-corrected chi connectivity index (χ1v) is 18.8. The van der Waals surface area contributed by atoms with Crippen molar-refractivity contribution in [3.63, 3.8) is 0 Å². The van der Waals surface area contributed by atoms with Gasteiger partial charge in [-0.15, -0.1) is 17.7 Å². The number of pyridine rings is 1. The van der Waals surface area contributed by atoms with E-state index in [0.29, 0.717) is 23.5 Å². The number of para-hydroxylation sites is 3. The molecule has 0 saturated carbocycles. The summed E-state index contributed by atoms with van der Waals surface area (Å²) in [6.45, 7) is 1.67. The zero-order chi connectivity index (χ0) is 52.2. The Labute approximate surface area is 386 Å². The quantitative estimate of drug-likeness (QED) is 0.142. The molecule has 1 aliphatic heterocycles. The van der Waals surface area contributed by atoms with Crippen LogP contribution in [-0.4, -0.2) is 9.55 Å². The van der Waals surface area contributed by atoms with Crippen LogP contribution in [0.25, 0.3) is 61.0 Å². The van der Waals surface area contributed by atoms with Gasteiger partial charge < -0.3 is 14.4 Å². The van der Waals surface area contributed by atoms with Crippen molar-refractivity contribution < 1.29 is 41.6 Å². The standard InChI is InChI=1S/C55H37N4.Pt/c1-4-18-41(19-5-1)44-36-48(42-20-6-2-7-21-42)55(49(37-44)43-22-8-3-9-23-43)58-38-57(51-27-12-13-28-52(51)58)45-24-16-17-39(34-45)33-40-30-31-47-46-25-10-11-26-50(46)59(53(47)35-40)54-29-14-15-32-56-54;/h1-32,36-38H,33H2;/q-3;/i1D,2D,3D,4D,5D,6D,7D,8D,9D,18D,19D,20D,21D,22D,23D;. The summed E-state index contributed by atoms with van der Waals surface area (Å²) >= 11 is 0. The number of fused-ring (bicyclic) bond motifs is 4. The predicted octanol–water partition coefficient (Wildman–Crippen LogP) is 13.8. The molecule has 0 atom stereocenters. The topological polar surface area (TPSA) is 24.3 Å². The van der Waals surface area contributed by atoms with Crippen molar-refractivity contribution >= 4 is 44.6 Å². The molecule has 8 aromatic carbocycles. The van der Waals surface area contributed by atoms with Gasteiger partial charge in [0.25, 0.3) is 0 Å². The van der Waals surface area contributed by atoms with Crippen LogP contribution >= 0.6 is 0 Å². The molecule has 11 rings (SSSR count). The summed E-state index contributed by atoms with van der Waals surface area (Å²) in [5.41, 5.74) is 3.70. The summed E-state index contributed by atoms with van der Waals surface area (Å²) in [7, 11) is 0. The molecule has 0 unspecified atom stereocenters. The predicted molar refractivity (Wildman–Crippen MR) is 243 cm³/mol. The number of rotatable bonds is 8. The van der Waals surface area contributed by atoms with Gasteiger partial charge in [-0.3, -0.25) is 0 Å². The largest absolute Gasteiger partial charge is 0.493 e. The molecular formula is C55H37N4Pt-3. The van der Waals surface area contributed by atoms with Gasteiger partial charge in [-0.25, -0.2) is 4.98 Å². The number of aromatic nitrogens is 2. The number of hydrogen-bond donors (Lipinski definition) is 0. The minimum absolute atomic E-state index is 0. The van der Waals surface area contributed by atoms with Crippen molar-refractivity contribution in [1.82, 2.24) is 9.55 Å². The SMILES string of the molecule is [2H]c1c([2H])c([2H])c(-c2cc(-c3c([2H])c([2H])c([2H])c([2H])c3[2H])c(N3[CH-]N(c4[c-]c(Cc5[c-]c6c(cc5)c5ccccc5n6-c5ccccn5)ccc4)c4ccccc43)c(-c3c([2H])c([2H])c([2H])c([2H])c3[2H])c2)c([2H])c1[2H].[Pt]. The second-order valence-corrected chi connectivity index (χ2v) is 13.8. The third-order valence-corrected chi connectivity index (χ3v) is 10.3. The molecule has 1 aliphatic rings. The van der Waals surface area contributed by atoms with Crippen LogP contribution in [0.1, 0.15) is 31.7 Å². The van der Waals surface area contributed by atoms with Crippen molar-refractivity contribution in [2.45, 2.75) is 6.42 Å². The molecule has 5 heteroatoms. The van der Waals surface area contributed by atoms with Gasteiger partial charge in [-0.1, -0.05) is 133 Å². The Morgan fingerprint density at radius 1 is 0.533 bits per heavy atom. The molecule has 290 valence electrons. The van der Waals surface area contributed by atoms with Gasteiger partial charge in [0, 0.05) is 61.0 Å². The molecule has 0 fully saturated rings. The van der Waals surface area contributed by atoms with Crippen LogP contribution < -0.4 is 9.80 Å². The van der Waals surface area contributed by atoms with Gasteiger partial charge in [0.1, 0.15) is 5.82 Å². The third kappa shape index (κ3) is 6.69. The van der Waals surface area contributed by atoms with Crippen LogP contribution in [-0.2, 0) is 27.5 Å². The summed E-state index contributed by atoms with van der Waals surface area (Å²) in [5, 5.41) is 2.08. The maximum Gasteiger partial charge on any atom is 0.135 e. The van der Waals surface area contributed by atoms with E-state index in [-0.39, 0.29) is 60.1 Å². The van der Waals surface area contributed by atoms with E-state index in [1.54, 1.807) is 29.9 Å². The molecule has 4 nitrogen and oxygen atoms in total. The summed E-state index contributed by atoms with van der Waals surface area (Å²) < 4.78 is 135. The normalized spacial score (nSPS) is 15.6. The fraction of sp³-hybridized carbons (Fsp3) is 0.0182. The smallest absolute Gasteiger partial charge is 0.135 e. The van der Waals surface area contributed by atoms with Crippen molar-refractivity contribution in [2.75, 3.05) is 9.80 Å². The van der Waals surface area contributed by atoms with Gasteiger partial charge in [0.15, 0.2) is 0 Å². The number of hydrogen-bond acceptors (Lipinski definition) is 3. The van der Waals surface area contributed by atoms with E-state index in [2.05, 4.69) is 39.9 Å². The van der Waals surface area contributed by atoms with E-state index in [9.17, 15) is 5.48 Å². The van der Waals surface area contributed by atoms with Crippen molar-refractivity contribution in [3.8, 4) is 39.2 Å². The summed E-state index contributed by atoms with van der Waals surface area (Å²) in [4.78, 5) is 8.11. The Morgan fingerprint density at radius 3 is 1.83 bits per heavy atom. The Morgan fingerprint density at radius 2 is 1.15 bits per heavy atom. The molecule has 10 aromatic rings. The van der Waals surface area contributed by atoms with Crippen LogP contribution in [0.3, 0.4) is 0 Å². The average Bonchev–Trinajstić information content (AvgIpc) is 3.97. The first kappa shape index (κ1) is 24.2. The van der Waals surface area contributed by atoms with Crippen LogP contribution in [0, 0.1) is 18.8 Å². The monoisotopic (exact) mass is 963 g/mol. The van der Waals surface area contributed by atoms with E-state index in [4.69, 9.17) is 15.1 Å². The Bertz CT molecular complexity index is 3840. The van der Waals surface area contributed by atoms with Crippen LogP contribution in [0.5, 0.6) is 0 Å². The summed E-state index contributed by atoms with van der Waals surface area (Å²) in [6, 6.07) is 30.7. The first-order valence-electron chi connectivity index (χ1n) is 26.3. The molecule has 0 N–H and O–H groups in total. The van der Waals surface area contributed by atoms with Gasteiger partial charge in [0.2, 0.25) is 0 Å². The molecule has 0 aliphatic carbocycles. The molecule has 0 bridgehead atoms. The second-order valence-electron chi connectivity index (χ2n) is 13.8. The number of benzene rings is 8. The van der Waals surface area contributed by atoms with E-state index in [1.807, 2.05) is 71.6 Å². The van der Waals surface area contributed by atoms with Crippen molar-refractivity contribution in [1.29, 1.82) is 0 Å². The molecular weight excluding hydrogens is 912 g/mol. The van der Waals surface area contributed by atoms with Crippen LogP contribution in [0.15, 0.2) is 206 Å². The van der Waals surface area contributed by atoms with Crippen LogP contribution in [0.2, 0.25) is 0 Å². The maximum atomic E-state index is 9.27. The van der Waals surface area contributed by atoms with Crippen molar-refractivity contribution in [3.05, 3.63) is 236 Å². The molecule has 0 amide bonds. The van der Waals surface area contributed by atoms with E-state index < -0.39 is 90.6 Å². The summed E-state index contributed by atoms with van der Waals surface area (Å²) in [5.74, 6) is 0.752. The fourth-order valence-electron chi connectivity index (χ4n) is 7.78. The van der Waals surface area contributed by atoms with E-state index >= 15 is 0 Å².